The van der Waals surface area contributed by atoms with Crippen molar-refractivity contribution in [3.05, 3.63) is 40.9 Å². The molecule has 0 spiro atoms. The van der Waals surface area contributed by atoms with Crippen LogP contribution in [0.15, 0.2) is 40.9 Å². The second-order valence-corrected chi connectivity index (χ2v) is 5.73. The van der Waals surface area contributed by atoms with E-state index < -0.39 is 0 Å². The first-order valence-electron chi connectivity index (χ1n) is 6.59. The molecule has 0 radical (unpaired) electrons. The standard InChI is InChI=1S/C16H15BrN2O/c1-3-19-15-6-4-11(17)8-13(15)14-9-12(18-10(2)20)5-7-16(14)19/h4-9H,3H2,1-2H3,(H,18,20). The molecule has 3 aromatic rings. The number of aromatic nitrogens is 1. The van der Waals surface area contributed by atoms with Gasteiger partial charge in [0.25, 0.3) is 0 Å². The number of carbonyl (C=O) groups is 1. The van der Waals surface area contributed by atoms with Gasteiger partial charge in [0.1, 0.15) is 0 Å². The van der Waals surface area contributed by atoms with Gasteiger partial charge in [0.15, 0.2) is 0 Å². The van der Waals surface area contributed by atoms with E-state index in [-0.39, 0.29) is 5.91 Å². The molecule has 0 aliphatic carbocycles. The van der Waals surface area contributed by atoms with Gasteiger partial charge in [-0.05, 0) is 43.3 Å². The van der Waals surface area contributed by atoms with Crippen LogP contribution in [0.5, 0.6) is 0 Å². The smallest absolute Gasteiger partial charge is 0.221 e. The third-order valence-electron chi connectivity index (χ3n) is 3.46. The van der Waals surface area contributed by atoms with Crippen molar-refractivity contribution in [2.24, 2.45) is 0 Å². The maximum atomic E-state index is 11.2. The second-order valence-electron chi connectivity index (χ2n) is 4.82. The highest BCUT2D eigenvalue weighted by atomic mass is 79.9. The van der Waals surface area contributed by atoms with E-state index in [0.717, 1.165) is 22.1 Å². The molecule has 0 saturated carbocycles. The molecular formula is C16H15BrN2O. The average Bonchev–Trinajstić information content (AvgIpc) is 2.71. The Balaban J connectivity index is 2.35. The predicted molar refractivity (Wildman–Crippen MR) is 87.1 cm³/mol. The van der Waals surface area contributed by atoms with Crippen LogP contribution in [0, 0.1) is 0 Å². The topological polar surface area (TPSA) is 34.0 Å². The molecule has 0 saturated heterocycles. The Morgan fingerprint density at radius 2 is 1.80 bits per heavy atom. The van der Waals surface area contributed by atoms with E-state index in [9.17, 15) is 4.79 Å². The lowest BCUT2D eigenvalue weighted by Gasteiger charge is -2.04. The van der Waals surface area contributed by atoms with Gasteiger partial charge in [0.2, 0.25) is 5.91 Å². The van der Waals surface area contributed by atoms with E-state index in [2.05, 4.69) is 57.0 Å². The summed E-state index contributed by atoms with van der Waals surface area (Å²) in [7, 11) is 0. The molecule has 1 N–H and O–H groups in total. The Kier molecular flexibility index (Phi) is 3.26. The zero-order valence-corrected chi connectivity index (χ0v) is 13.0. The molecule has 1 aromatic heterocycles. The monoisotopic (exact) mass is 330 g/mol. The molecule has 1 amide bonds. The molecule has 0 bridgehead atoms. The molecule has 0 aliphatic rings. The number of benzene rings is 2. The normalized spacial score (nSPS) is 11.2. The number of carbonyl (C=O) groups excluding carboxylic acids is 1. The number of nitrogens with one attached hydrogen (secondary N) is 1. The van der Waals surface area contributed by atoms with Gasteiger partial charge in [-0.2, -0.15) is 0 Å². The van der Waals surface area contributed by atoms with Crippen molar-refractivity contribution < 1.29 is 4.79 Å². The van der Waals surface area contributed by atoms with Crippen LogP contribution in [-0.4, -0.2) is 10.5 Å². The van der Waals surface area contributed by atoms with Gasteiger partial charge in [-0.15, -0.1) is 0 Å². The van der Waals surface area contributed by atoms with Gasteiger partial charge in [-0.25, -0.2) is 0 Å². The van der Waals surface area contributed by atoms with Gasteiger partial charge in [-0.1, -0.05) is 15.9 Å². The zero-order chi connectivity index (χ0) is 14.3. The minimum absolute atomic E-state index is 0.0511. The highest BCUT2D eigenvalue weighted by Crippen LogP contribution is 2.32. The number of rotatable bonds is 2. The number of hydrogen-bond donors (Lipinski definition) is 1. The summed E-state index contributed by atoms with van der Waals surface area (Å²) in [5.74, 6) is -0.0511. The molecule has 3 nitrogen and oxygen atoms in total. The van der Waals surface area contributed by atoms with Crippen LogP contribution in [-0.2, 0) is 11.3 Å². The Bertz CT molecular complexity index is 820. The van der Waals surface area contributed by atoms with Crippen molar-refractivity contribution in [3.63, 3.8) is 0 Å². The fraction of sp³-hybridized carbons (Fsp3) is 0.188. The van der Waals surface area contributed by atoms with Crippen LogP contribution < -0.4 is 5.32 Å². The second kappa shape index (κ2) is 4.94. The molecule has 0 atom stereocenters. The Morgan fingerprint density at radius 3 is 2.45 bits per heavy atom. The largest absolute Gasteiger partial charge is 0.341 e. The minimum Gasteiger partial charge on any atom is -0.341 e. The third-order valence-corrected chi connectivity index (χ3v) is 3.96. The summed E-state index contributed by atoms with van der Waals surface area (Å²) in [5, 5.41) is 5.20. The summed E-state index contributed by atoms with van der Waals surface area (Å²) in [5.41, 5.74) is 3.24. The maximum absolute atomic E-state index is 11.2. The van der Waals surface area contributed by atoms with E-state index >= 15 is 0 Å². The fourth-order valence-electron chi connectivity index (χ4n) is 2.70. The molecule has 0 unspecified atom stereocenters. The van der Waals surface area contributed by atoms with Crippen molar-refractivity contribution in [3.8, 4) is 0 Å². The van der Waals surface area contributed by atoms with Crippen molar-refractivity contribution in [2.75, 3.05) is 5.32 Å². The molecular weight excluding hydrogens is 316 g/mol. The van der Waals surface area contributed by atoms with E-state index in [1.807, 2.05) is 12.1 Å². The number of amides is 1. The van der Waals surface area contributed by atoms with E-state index in [1.54, 1.807) is 0 Å². The van der Waals surface area contributed by atoms with Crippen LogP contribution in [0.4, 0.5) is 5.69 Å². The van der Waals surface area contributed by atoms with Crippen LogP contribution in [0.3, 0.4) is 0 Å². The van der Waals surface area contributed by atoms with Crippen LogP contribution in [0.25, 0.3) is 21.8 Å². The highest BCUT2D eigenvalue weighted by Gasteiger charge is 2.10. The van der Waals surface area contributed by atoms with Crippen molar-refractivity contribution in [1.29, 1.82) is 0 Å². The summed E-state index contributed by atoms with van der Waals surface area (Å²) in [6, 6.07) is 12.4. The van der Waals surface area contributed by atoms with Crippen molar-refractivity contribution >= 4 is 49.3 Å². The minimum atomic E-state index is -0.0511. The lowest BCUT2D eigenvalue weighted by Crippen LogP contribution is -2.05. The quantitative estimate of drug-likeness (QED) is 0.735. The summed E-state index contributed by atoms with van der Waals surface area (Å²) >= 11 is 3.53. The van der Waals surface area contributed by atoms with Gasteiger partial charge in [-0.3, -0.25) is 4.79 Å². The Hall–Kier alpha value is -1.81. The van der Waals surface area contributed by atoms with Gasteiger partial charge in [0, 0.05) is 45.4 Å². The molecule has 4 heteroatoms. The van der Waals surface area contributed by atoms with E-state index in [4.69, 9.17) is 0 Å². The number of halogens is 1. The van der Waals surface area contributed by atoms with Crippen LogP contribution >= 0.6 is 15.9 Å². The Morgan fingerprint density at radius 1 is 1.15 bits per heavy atom. The third kappa shape index (κ3) is 2.10. The van der Waals surface area contributed by atoms with E-state index in [0.29, 0.717) is 0 Å². The molecule has 1 heterocycles. The van der Waals surface area contributed by atoms with Gasteiger partial charge in [0.05, 0.1) is 0 Å². The summed E-state index contributed by atoms with van der Waals surface area (Å²) in [6.45, 7) is 4.58. The number of hydrogen-bond acceptors (Lipinski definition) is 1. The van der Waals surface area contributed by atoms with Crippen molar-refractivity contribution in [1.82, 2.24) is 4.57 Å². The molecule has 0 fully saturated rings. The molecule has 20 heavy (non-hydrogen) atoms. The average molecular weight is 331 g/mol. The molecule has 2 aromatic carbocycles. The van der Waals surface area contributed by atoms with Crippen LogP contribution in [0.2, 0.25) is 0 Å². The summed E-state index contributed by atoms with van der Waals surface area (Å²) < 4.78 is 3.35. The van der Waals surface area contributed by atoms with E-state index in [1.165, 1.54) is 23.3 Å². The number of anilines is 1. The summed E-state index contributed by atoms with van der Waals surface area (Å²) in [6.07, 6.45) is 0. The lowest BCUT2D eigenvalue weighted by molar-refractivity contribution is -0.114. The first-order chi connectivity index (χ1) is 9.60. The van der Waals surface area contributed by atoms with Gasteiger partial charge >= 0.3 is 0 Å². The predicted octanol–water partition coefficient (Wildman–Crippen LogP) is 4.54. The van der Waals surface area contributed by atoms with Gasteiger partial charge < -0.3 is 9.88 Å². The highest BCUT2D eigenvalue weighted by molar-refractivity contribution is 9.10. The maximum Gasteiger partial charge on any atom is 0.221 e. The zero-order valence-electron chi connectivity index (χ0n) is 11.4. The number of fused-ring (bicyclic) bond motifs is 3. The summed E-state index contributed by atoms with van der Waals surface area (Å²) in [4.78, 5) is 11.2. The van der Waals surface area contributed by atoms with Crippen molar-refractivity contribution in [2.45, 2.75) is 20.4 Å². The molecule has 3 rings (SSSR count). The molecule has 0 aliphatic heterocycles. The first kappa shape index (κ1) is 13.2. The first-order valence-corrected chi connectivity index (χ1v) is 7.38. The molecule has 102 valence electrons. The number of aryl methyl sites for hydroxylation is 1. The SMILES string of the molecule is CCn1c2ccc(Br)cc2c2cc(NC(C)=O)ccc21. The fourth-order valence-corrected chi connectivity index (χ4v) is 3.06. The number of nitrogens with zero attached hydrogens (tertiary/aromatic N) is 1. The Labute approximate surface area is 125 Å². The van der Waals surface area contributed by atoms with Crippen LogP contribution in [0.1, 0.15) is 13.8 Å². The lowest BCUT2D eigenvalue weighted by atomic mass is 10.1.